The zero-order valence-electron chi connectivity index (χ0n) is 60.6. The highest BCUT2D eigenvalue weighted by molar-refractivity contribution is 7.47. The van der Waals surface area contributed by atoms with E-state index in [0.717, 1.165) is 70.6 Å². The van der Waals surface area contributed by atoms with Gasteiger partial charge in [-0.05, 0) is 96.0 Å². The summed E-state index contributed by atoms with van der Waals surface area (Å²) in [6.45, 7) is 7.02. The maximum Gasteiger partial charge on any atom is 0.472 e. The van der Waals surface area contributed by atoms with Gasteiger partial charge in [-0.1, -0.05) is 339 Å². The van der Waals surface area contributed by atoms with E-state index in [1.165, 1.54) is 283 Å². The molecule has 0 aliphatic carbocycles. The maximum absolute atomic E-state index is 13.7. The van der Waals surface area contributed by atoms with Gasteiger partial charge < -0.3 is 19.4 Å². The van der Waals surface area contributed by atoms with E-state index in [2.05, 4.69) is 80.8 Å². The maximum atomic E-state index is 13.7. The molecule has 528 valence electrons. The van der Waals surface area contributed by atoms with Gasteiger partial charge in [0.15, 0.2) is 0 Å². The van der Waals surface area contributed by atoms with Crippen molar-refractivity contribution >= 4 is 19.7 Å². The fraction of sp³-hybridized carbons (Fsp3) is 0.850. The van der Waals surface area contributed by atoms with Gasteiger partial charge in [-0.3, -0.25) is 18.6 Å². The lowest BCUT2D eigenvalue weighted by Crippen LogP contribution is -2.47. The van der Waals surface area contributed by atoms with Crippen molar-refractivity contribution in [2.24, 2.45) is 0 Å². The standard InChI is InChI=1S/C80H151N2O7P/c1-7-10-13-16-19-22-25-28-30-32-34-36-38-40-41-43-44-46-48-50-52-54-57-60-63-66-69-72-79(83)81-77(76-88-90(85,86)87-75-74-82(4,5)6)78(71-68-65-62-59-56-27-24-21-18-15-12-9-3)89-80(84)73-70-67-64-61-58-55-53-51-49-47-45-42-39-37-35-33-31-29-26-23-20-17-14-11-8-2/h19-20,22-23,28-31,68,71,77-78H,7-18,21,24-27,32-67,69-70,72-76H2,1-6H3,(H-,81,83,85,86)/p+1/b22-19-,23-20-,30-28-,31-29-,71-68+. The van der Waals surface area contributed by atoms with Crippen molar-refractivity contribution in [1.29, 1.82) is 0 Å². The van der Waals surface area contributed by atoms with Crippen LogP contribution in [0.15, 0.2) is 60.8 Å². The number of nitrogens with zero attached hydrogens (tertiary/aromatic N) is 1. The number of quaternary nitrogens is 1. The highest BCUT2D eigenvalue weighted by Crippen LogP contribution is 2.43. The third kappa shape index (κ3) is 70.0. The molecule has 2 N–H and O–H groups in total. The van der Waals surface area contributed by atoms with Crippen LogP contribution in [0.1, 0.15) is 387 Å². The van der Waals surface area contributed by atoms with E-state index in [0.29, 0.717) is 23.9 Å². The highest BCUT2D eigenvalue weighted by Gasteiger charge is 2.30. The van der Waals surface area contributed by atoms with Crippen LogP contribution in [0.3, 0.4) is 0 Å². The van der Waals surface area contributed by atoms with Crippen molar-refractivity contribution in [2.75, 3.05) is 40.9 Å². The molecule has 9 nitrogen and oxygen atoms in total. The van der Waals surface area contributed by atoms with Crippen LogP contribution in [0, 0.1) is 0 Å². The molecular weight excluding hydrogens is 1130 g/mol. The molecule has 3 unspecified atom stereocenters. The Morgan fingerprint density at radius 2 is 0.678 bits per heavy atom. The van der Waals surface area contributed by atoms with Gasteiger partial charge in [-0.2, -0.15) is 0 Å². The predicted octanol–water partition coefficient (Wildman–Crippen LogP) is 25.3. The minimum atomic E-state index is -4.46. The molecule has 0 fully saturated rings. The summed E-state index contributed by atoms with van der Waals surface area (Å²) >= 11 is 0. The van der Waals surface area contributed by atoms with Gasteiger partial charge in [0, 0.05) is 12.8 Å². The van der Waals surface area contributed by atoms with Crippen molar-refractivity contribution in [3.8, 4) is 0 Å². The summed E-state index contributed by atoms with van der Waals surface area (Å²) in [5.41, 5.74) is 0. The van der Waals surface area contributed by atoms with Crippen LogP contribution in [-0.2, 0) is 27.9 Å². The SMILES string of the molecule is CCCCC/C=C\C/C=C\CCCCCCCCCCCCCCCCCCCC(=O)NC(COP(=O)(O)OCC[N+](C)(C)C)C(/C=C/CCCCCCCCCCCC)OC(=O)CCCCCCCCCCCCCCCCC/C=C\C/C=C\CCCCC. The van der Waals surface area contributed by atoms with Gasteiger partial charge >= 0.3 is 13.8 Å². The number of nitrogens with one attached hydrogen (secondary N) is 1. The van der Waals surface area contributed by atoms with Gasteiger partial charge in [0.25, 0.3) is 0 Å². The Bertz CT molecular complexity index is 1720. The number of phosphoric ester groups is 1. The Balaban J connectivity index is 4.91. The van der Waals surface area contributed by atoms with Crippen LogP contribution in [0.25, 0.3) is 0 Å². The smallest absolute Gasteiger partial charge is 0.456 e. The molecular formula is C80H152N2O7P+. The van der Waals surface area contributed by atoms with Crippen LogP contribution in [-0.4, -0.2) is 74.3 Å². The lowest BCUT2D eigenvalue weighted by atomic mass is 10.0. The van der Waals surface area contributed by atoms with Crippen LogP contribution in [0.2, 0.25) is 0 Å². The zero-order valence-corrected chi connectivity index (χ0v) is 61.5. The second-order valence-corrected chi connectivity index (χ2v) is 29.3. The monoisotopic (exact) mass is 1280 g/mol. The molecule has 0 saturated carbocycles. The van der Waals surface area contributed by atoms with Crippen molar-refractivity contribution < 1.29 is 37.3 Å². The molecule has 0 rings (SSSR count). The molecule has 0 saturated heterocycles. The van der Waals surface area contributed by atoms with Gasteiger partial charge in [0.1, 0.15) is 19.3 Å². The van der Waals surface area contributed by atoms with Crippen molar-refractivity contribution in [3.05, 3.63) is 60.8 Å². The normalized spacial score (nSPS) is 13.7. The van der Waals surface area contributed by atoms with Crippen LogP contribution >= 0.6 is 7.82 Å². The van der Waals surface area contributed by atoms with Crippen LogP contribution < -0.4 is 5.32 Å². The molecule has 90 heavy (non-hydrogen) atoms. The van der Waals surface area contributed by atoms with E-state index in [9.17, 15) is 19.0 Å². The number of unbranched alkanes of at least 4 members (excludes halogenated alkanes) is 48. The molecule has 0 aromatic carbocycles. The first-order valence-electron chi connectivity index (χ1n) is 39.1. The first-order chi connectivity index (χ1) is 43.9. The number of phosphoric acid groups is 1. The fourth-order valence-corrected chi connectivity index (χ4v) is 12.4. The Morgan fingerprint density at radius 3 is 1.02 bits per heavy atom. The average Bonchev–Trinajstić information content (AvgIpc) is 3.04. The quantitative estimate of drug-likeness (QED) is 0.0205. The predicted molar refractivity (Wildman–Crippen MR) is 392 cm³/mol. The number of hydrogen-bond donors (Lipinski definition) is 2. The van der Waals surface area contributed by atoms with Gasteiger partial charge in [-0.15, -0.1) is 0 Å². The molecule has 10 heteroatoms. The van der Waals surface area contributed by atoms with Crippen molar-refractivity contribution in [3.63, 3.8) is 0 Å². The van der Waals surface area contributed by atoms with Crippen molar-refractivity contribution in [2.45, 2.75) is 399 Å². The number of hydrogen-bond acceptors (Lipinski definition) is 6. The first kappa shape index (κ1) is 87.7. The molecule has 0 aliphatic rings. The van der Waals surface area contributed by atoms with E-state index in [1.807, 2.05) is 27.2 Å². The minimum Gasteiger partial charge on any atom is -0.456 e. The number of esters is 1. The van der Waals surface area contributed by atoms with Gasteiger partial charge in [-0.25, -0.2) is 4.57 Å². The van der Waals surface area contributed by atoms with E-state index >= 15 is 0 Å². The summed E-state index contributed by atoms with van der Waals surface area (Å²) < 4.78 is 30.9. The number of rotatable bonds is 72. The molecule has 1 amide bonds. The average molecular weight is 1290 g/mol. The summed E-state index contributed by atoms with van der Waals surface area (Å²) in [6.07, 6.45) is 91.1. The van der Waals surface area contributed by atoms with Crippen molar-refractivity contribution in [1.82, 2.24) is 5.32 Å². The zero-order chi connectivity index (χ0) is 65.6. The Hall–Kier alpha value is -2.29. The van der Waals surface area contributed by atoms with Gasteiger partial charge in [0.2, 0.25) is 5.91 Å². The molecule has 0 aliphatic heterocycles. The second-order valence-electron chi connectivity index (χ2n) is 27.9. The summed E-state index contributed by atoms with van der Waals surface area (Å²) in [6, 6.07) is -0.849. The number of amides is 1. The number of ether oxygens (including phenoxy) is 1. The number of carbonyl (C=O) groups is 2. The van der Waals surface area contributed by atoms with E-state index in [-0.39, 0.29) is 25.1 Å². The van der Waals surface area contributed by atoms with E-state index < -0.39 is 20.0 Å². The molecule has 0 bridgehead atoms. The lowest BCUT2D eigenvalue weighted by molar-refractivity contribution is -0.870. The topological polar surface area (TPSA) is 111 Å². The third-order valence-corrected chi connectivity index (χ3v) is 18.7. The lowest BCUT2D eigenvalue weighted by Gasteiger charge is -2.27. The molecule has 0 aromatic heterocycles. The second kappa shape index (κ2) is 69.5. The van der Waals surface area contributed by atoms with E-state index in [1.54, 1.807) is 0 Å². The number of likely N-dealkylation sites (N-methyl/N-ethyl adjacent to an activating group) is 1. The molecule has 0 radical (unpaired) electrons. The molecule has 0 heterocycles. The largest absolute Gasteiger partial charge is 0.472 e. The molecule has 0 aromatic rings. The highest BCUT2D eigenvalue weighted by atomic mass is 31.2. The minimum absolute atomic E-state index is 0.0417. The third-order valence-electron chi connectivity index (χ3n) is 17.7. The molecule has 0 spiro atoms. The summed E-state index contributed by atoms with van der Waals surface area (Å²) in [4.78, 5) is 38.0. The Morgan fingerprint density at radius 1 is 0.389 bits per heavy atom. The first-order valence-corrected chi connectivity index (χ1v) is 40.6. The van der Waals surface area contributed by atoms with Crippen LogP contribution in [0.5, 0.6) is 0 Å². The summed E-state index contributed by atoms with van der Waals surface area (Å²) in [7, 11) is 1.51. The molecule has 3 atom stereocenters. The number of carbonyl (C=O) groups excluding carboxylic acids is 2. The number of allylic oxidation sites excluding steroid dienone is 9. The Kier molecular flexibility index (Phi) is 67.8. The van der Waals surface area contributed by atoms with Crippen LogP contribution in [0.4, 0.5) is 0 Å². The van der Waals surface area contributed by atoms with E-state index in [4.69, 9.17) is 13.8 Å². The fourth-order valence-electron chi connectivity index (χ4n) is 11.7. The Labute approximate surface area is 560 Å². The summed E-state index contributed by atoms with van der Waals surface area (Å²) in [5, 5.41) is 3.08. The van der Waals surface area contributed by atoms with Gasteiger partial charge in [0.05, 0.1) is 33.8 Å². The summed E-state index contributed by atoms with van der Waals surface area (Å²) in [5.74, 6) is -0.486.